The van der Waals surface area contributed by atoms with Gasteiger partial charge in [0.2, 0.25) is 0 Å². The normalized spacial score (nSPS) is 12.1. The van der Waals surface area contributed by atoms with E-state index in [0.717, 1.165) is 23.4 Å². The predicted octanol–water partition coefficient (Wildman–Crippen LogP) is 2.36. The van der Waals surface area contributed by atoms with Gasteiger partial charge in [0.05, 0.1) is 12.6 Å². The molecule has 1 atom stereocenters. The number of ether oxygens (including phenoxy) is 1. The van der Waals surface area contributed by atoms with Crippen molar-refractivity contribution in [2.75, 3.05) is 6.61 Å². The minimum absolute atomic E-state index is 0.0526. The van der Waals surface area contributed by atoms with Gasteiger partial charge in [-0.05, 0) is 30.7 Å². The first kappa shape index (κ1) is 13.5. The van der Waals surface area contributed by atoms with Crippen LogP contribution in [0.5, 0.6) is 5.75 Å². The second kappa shape index (κ2) is 6.87. The van der Waals surface area contributed by atoms with Gasteiger partial charge in [-0.25, -0.2) is 0 Å². The van der Waals surface area contributed by atoms with E-state index >= 15 is 0 Å². The van der Waals surface area contributed by atoms with Crippen molar-refractivity contribution in [3.8, 4) is 5.75 Å². The molecule has 0 aliphatic carbocycles. The topological polar surface area (TPSA) is 60.2 Å². The largest absolute Gasteiger partial charge is 0.494 e. The molecular weight excluding hydrogens is 238 g/mol. The highest BCUT2D eigenvalue weighted by Gasteiger charge is 2.09. The molecule has 2 aromatic rings. The SMILES string of the molecule is Cc1ccc(C(CCOc2ccccc2)NN)cn1. The van der Waals surface area contributed by atoms with Crippen molar-refractivity contribution in [3.05, 3.63) is 59.9 Å². The van der Waals surface area contributed by atoms with Gasteiger partial charge in [-0.2, -0.15) is 0 Å². The van der Waals surface area contributed by atoms with Crippen LogP contribution in [0, 0.1) is 6.92 Å². The number of aryl methyl sites for hydroxylation is 1. The smallest absolute Gasteiger partial charge is 0.119 e. The molecule has 2 rings (SSSR count). The molecule has 1 unspecified atom stereocenters. The first-order chi connectivity index (χ1) is 9.29. The van der Waals surface area contributed by atoms with E-state index in [2.05, 4.69) is 10.4 Å². The Kier molecular flexibility index (Phi) is 4.89. The van der Waals surface area contributed by atoms with Crippen molar-refractivity contribution in [2.45, 2.75) is 19.4 Å². The molecule has 0 fully saturated rings. The summed E-state index contributed by atoms with van der Waals surface area (Å²) < 4.78 is 5.67. The van der Waals surface area contributed by atoms with Crippen LogP contribution >= 0.6 is 0 Å². The van der Waals surface area contributed by atoms with Crippen LogP contribution in [0.1, 0.15) is 23.7 Å². The maximum Gasteiger partial charge on any atom is 0.119 e. The summed E-state index contributed by atoms with van der Waals surface area (Å²) in [7, 11) is 0. The number of aromatic nitrogens is 1. The van der Waals surface area contributed by atoms with Crippen molar-refractivity contribution >= 4 is 0 Å². The van der Waals surface area contributed by atoms with Gasteiger partial charge < -0.3 is 4.74 Å². The molecule has 0 aliphatic rings. The lowest BCUT2D eigenvalue weighted by Crippen LogP contribution is -2.29. The monoisotopic (exact) mass is 257 g/mol. The predicted molar refractivity (Wildman–Crippen MR) is 75.6 cm³/mol. The second-order valence-corrected chi connectivity index (χ2v) is 4.40. The summed E-state index contributed by atoms with van der Waals surface area (Å²) in [4.78, 5) is 4.28. The van der Waals surface area contributed by atoms with Crippen molar-refractivity contribution in [1.82, 2.24) is 10.4 Å². The number of hydrogen-bond acceptors (Lipinski definition) is 4. The molecule has 0 bridgehead atoms. The first-order valence-electron chi connectivity index (χ1n) is 6.36. The van der Waals surface area contributed by atoms with Crippen LogP contribution in [0.4, 0.5) is 0 Å². The van der Waals surface area contributed by atoms with Gasteiger partial charge in [-0.15, -0.1) is 0 Å². The average molecular weight is 257 g/mol. The highest BCUT2D eigenvalue weighted by molar-refractivity contribution is 5.21. The molecule has 0 amide bonds. The van der Waals surface area contributed by atoms with E-state index in [4.69, 9.17) is 10.6 Å². The Morgan fingerprint density at radius 2 is 2.00 bits per heavy atom. The molecule has 0 spiro atoms. The van der Waals surface area contributed by atoms with Gasteiger partial charge >= 0.3 is 0 Å². The molecule has 4 nitrogen and oxygen atoms in total. The zero-order valence-corrected chi connectivity index (χ0v) is 11.0. The lowest BCUT2D eigenvalue weighted by Gasteiger charge is -2.16. The van der Waals surface area contributed by atoms with Gasteiger partial charge in [0.1, 0.15) is 5.75 Å². The zero-order valence-electron chi connectivity index (χ0n) is 11.0. The van der Waals surface area contributed by atoms with Crippen LogP contribution in [-0.4, -0.2) is 11.6 Å². The van der Waals surface area contributed by atoms with E-state index in [-0.39, 0.29) is 6.04 Å². The fraction of sp³-hybridized carbons (Fsp3) is 0.267. The third-order valence-electron chi connectivity index (χ3n) is 2.96. The molecule has 0 aliphatic heterocycles. The van der Waals surface area contributed by atoms with Gasteiger partial charge in [0, 0.05) is 18.3 Å². The number of pyridine rings is 1. The van der Waals surface area contributed by atoms with Crippen molar-refractivity contribution in [1.29, 1.82) is 0 Å². The van der Waals surface area contributed by atoms with E-state index < -0.39 is 0 Å². The minimum atomic E-state index is 0.0526. The van der Waals surface area contributed by atoms with E-state index in [1.54, 1.807) is 0 Å². The summed E-state index contributed by atoms with van der Waals surface area (Å²) in [6, 6.07) is 13.8. The summed E-state index contributed by atoms with van der Waals surface area (Å²) in [5, 5.41) is 0. The number of nitrogens with zero attached hydrogens (tertiary/aromatic N) is 1. The van der Waals surface area contributed by atoms with Crippen LogP contribution in [-0.2, 0) is 0 Å². The van der Waals surface area contributed by atoms with Gasteiger partial charge in [-0.1, -0.05) is 24.3 Å². The number of benzene rings is 1. The minimum Gasteiger partial charge on any atom is -0.494 e. The van der Waals surface area contributed by atoms with Crippen LogP contribution < -0.4 is 16.0 Å². The maximum atomic E-state index is 5.67. The van der Waals surface area contributed by atoms with Crippen LogP contribution in [0.25, 0.3) is 0 Å². The standard InChI is InChI=1S/C15H19N3O/c1-12-7-8-13(11-17-12)15(18-16)9-10-19-14-5-3-2-4-6-14/h2-8,11,15,18H,9-10,16H2,1H3. The fourth-order valence-electron chi connectivity index (χ4n) is 1.84. The number of rotatable bonds is 6. The van der Waals surface area contributed by atoms with E-state index in [1.807, 2.05) is 55.6 Å². The van der Waals surface area contributed by atoms with E-state index in [0.29, 0.717) is 6.61 Å². The molecular formula is C15H19N3O. The Labute approximate surface area is 113 Å². The Hall–Kier alpha value is -1.91. The van der Waals surface area contributed by atoms with Crippen molar-refractivity contribution in [3.63, 3.8) is 0 Å². The molecule has 100 valence electrons. The lowest BCUT2D eigenvalue weighted by atomic mass is 10.1. The molecule has 19 heavy (non-hydrogen) atoms. The van der Waals surface area contributed by atoms with Crippen molar-refractivity contribution < 1.29 is 4.74 Å². The van der Waals surface area contributed by atoms with Gasteiger partial charge in [0.15, 0.2) is 0 Å². The van der Waals surface area contributed by atoms with Gasteiger partial charge in [-0.3, -0.25) is 16.3 Å². The Morgan fingerprint density at radius 1 is 1.21 bits per heavy atom. The average Bonchev–Trinajstić information content (AvgIpc) is 2.46. The molecule has 3 N–H and O–H groups in total. The Bertz CT molecular complexity index is 485. The van der Waals surface area contributed by atoms with Crippen LogP contribution in [0.15, 0.2) is 48.7 Å². The Balaban J connectivity index is 1.87. The molecule has 4 heteroatoms. The number of nitrogens with two attached hydrogens (primary N) is 1. The summed E-state index contributed by atoms with van der Waals surface area (Å²) >= 11 is 0. The number of hydrazine groups is 1. The molecule has 0 saturated carbocycles. The zero-order chi connectivity index (χ0) is 13.5. The summed E-state index contributed by atoms with van der Waals surface area (Å²) in [6.07, 6.45) is 2.64. The molecule has 0 saturated heterocycles. The molecule has 0 radical (unpaired) electrons. The second-order valence-electron chi connectivity index (χ2n) is 4.40. The van der Waals surface area contributed by atoms with Crippen LogP contribution in [0.2, 0.25) is 0 Å². The molecule has 1 aromatic heterocycles. The quantitative estimate of drug-likeness (QED) is 0.616. The summed E-state index contributed by atoms with van der Waals surface area (Å²) in [5.74, 6) is 6.46. The first-order valence-corrected chi connectivity index (χ1v) is 6.36. The third kappa shape index (κ3) is 4.05. The summed E-state index contributed by atoms with van der Waals surface area (Å²) in [5.41, 5.74) is 4.88. The van der Waals surface area contributed by atoms with E-state index in [9.17, 15) is 0 Å². The highest BCUT2D eigenvalue weighted by atomic mass is 16.5. The number of para-hydroxylation sites is 1. The highest BCUT2D eigenvalue weighted by Crippen LogP contribution is 2.16. The van der Waals surface area contributed by atoms with Crippen LogP contribution in [0.3, 0.4) is 0 Å². The fourth-order valence-corrected chi connectivity index (χ4v) is 1.84. The number of hydrogen-bond donors (Lipinski definition) is 2. The molecule has 1 aromatic carbocycles. The Morgan fingerprint density at radius 3 is 2.63 bits per heavy atom. The lowest BCUT2D eigenvalue weighted by molar-refractivity contribution is 0.287. The van der Waals surface area contributed by atoms with E-state index in [1.165, 1.54) is 0 Å². The molecule has 1 heterocycles. The number of nitrogens with one attached hydrogen (secondary N) is 1. The summed E-state index contributed by atoms with van der Waals surface area (Å²) in [6.45, 7) is 2.57. The third-order valence-corrected chi connectivity index (χ3v) is 2.96. The van der Waals surface area contributed by atoms with Crippen molar-refractivity contribution in [2.24, 2.45) is 5.84 Å². The van der Waals surface area contributed by atoms with Gasteiger partial charge in [0.25, 0.3) is 0 Å². The maximum absolute atomic E-state index is 5.67.